The van der Waals surface area contributed by atoms with E-state index in [0.29, 0.717) is 23.7 Å². The van der Waals surface area contributed by atoms with E-state index in [1.807, 2.05) is 25.1 Å². The van der Waals surface area contributed by atoms with Gasteiger partial charge in [-0.3, -0.25) is 0 Å². The Morgan fingerprint density at radius 2 is 1.95 bits per heavy atom. The molecule has 21 heavy (non-hydrogen) atoms. The first kappa shape index (κ1) is 13.9. The number of benzene rings is 1. The van der Waals surface area contributed by atoms with E-state index >= 15 is 0 Å². The van der Waals surface area contributed by atoms with Gasteiger partial charge in [-0.15, -0.1) is 0 Å². The summed E-state index contributed by atoms with van der Waals surface area (Å²) in [5, 5.41) is 24.1. The van der Waals surface area contributed by atoms with Gasteiger partial charge in [-0.1, -0.05) is 6.92 Å². The van der Waals surface area contributed by atoms with E-state index in [1.165, 1.54) is 0 Å². The maximum atomic E-state index is 9.57. The number of hydrogen-bond donors (Lipinski definition) is 3. The van der Waals surface area contributed by atoms with Crippen LogP contribution in [-0.2, 0) is 0 Å². The standard InChI is InChI=1S/C15H18N2O4/c1-2-15(7-18,8-19)17-14-11-6-13-12(20-9-21-13)5-10(11)3-4-16-14/h3-6,18-19H,2,7-9H2,1H3,(H,16,17). The smallest absolute Gasteiger partial charge is 0.231 e. The fourth-order valence-electron chi connectivity index (χ4n) is 2.35. The number of anilines is 1. The van der Waals surface area contributed by atoms with Crippen molar-refractivity contribution < 1.29 is 19.7 Å². The predicted molar refractivity (Wildman–Crippen MR) is 78.7 cm³/mol. The third-order valence-electron chi connectivity index (χ3n) is 3.92. The van der Waals surface area contributed by atoms with Crippen molar-refractivity contribution in [2.24, 2.45) is 0 Å². The minimum Gasteiger partial charge on any atom is -0.454 e. The molecule has 6 heteroatoms. The van der Waals surface area contributed by atoms with Crippen LogP contribution in [0.1, 0.15) is 13.3 Å². The molecule has 0 atom stereocenters. The second-order valence-electron chi connectivity index (χ2n) is 5.16. The molecule has 0 fully saturated rings. The molecule has 2 aromatic rings. The zero-order chi connectivity index (χ0) is 14.9. The largest absolute Gasteiger partial charge is 0.454 e. The van der Waals surface area contributed by atoms with Gasteiger partial charge in [0.25, 0.3) is 0 Å². The summed E-state index contributed by atoms with van der Waals surface area (Å²) in [6.45, 7) is 1.76. The second kappa shape index (κ2) is 5.38. The van der Waals surface area contributed by atoms with Crippen molar-refractivity contribution in [2.75, 3.05) is 25.3 Å². The van der Waals surface area contributed by atoms with Crippen molar-refractivity contribution >= 4 is 16.6 Å². The normalized spacial score (nSPS) is 13.7. The molecule has 2 heterocycles. The first-order valence-corrected chi connectivity index (χ1v) is 6.89. The number of nitrogens with one attached hydrogen (secondary N) is 1. The Labute approximate surface area is 122 Å². The number of pyridine rings is 1. The minimum absolute atomic E-state index is 0.178. The second-order valence-corrected chi connectivity index (χ2v) is 5.16. The number of nitrogens with zero attached hydrogens (tertiary/aromatic N) is 1. The summed E-state index contributed by atoms with van der Waals surface area (Å²) in [6.07, 6.45) is 2.25. The van der Waals surface area contributed by atoms with E-state index in [1.54, 1.807) is 6.20 Å². The molecule has 0 spiro atoms. The summed E-state index contributed by atoms with van der Waals surface area (Å²) in [4.78, 5) is 4.33. The molecular weight excluding hydrogens is 272 g/mol. The highest BCUT2D eigenvalue weighted by Crippen LogP contribution is 2.38. The molecule has 6 nitrogen and oxygen atoms in total. The third-order valence-corrected chi connectivity index (χ3v) is 3.92. The molecule has 0 unspecified atom stereocenters. The van der Waals surface area contributed by atoms with Crippen LogP contribution in [0.25, 0.3) is 10.8 Å². The van der Waals surface area contributed by atoms with Gasteiger partial charge in [-0.25, -0.2) is 4.98 Å². The molecule has 0 radical (unpaired) electrons. The molecule has 0 amide bonds. The Kier molecular flexibility index (Phi) is 3.57. The summed E-state index contributed by atoms with van der Waals surface area (Å²) >= 11 is 0. The van der Waals surface area contributed by atoms with Crippen molar-refractivity contribution in [3.05, 3.63) is 24.4 Å². The van der Waals surface area contributed by atoms with Crippen LogP contribution in [0.4, 0.5) is 5.82 Å². The highest BCUT2D eigenvalue weighted by molar-refractivity contribution is 5.94. The topological polar surface area (TPSA) is 83.8 Å². The van der Waals surface area contributed by atoms with Gasteiger partial charge >= 0.3 is 0 Å². The molecule has 0 saturated carbocycles. The monoisotopic (exact) mass is 290 g/mol. The van der Waals surface area contributed by atoms with Crippen molar-refractivity contribution in [1.82, 2.24) is 4.98 Å². The van der Waals surface area contributed by atoms with E-state index in [2.05, 4.69) is 10.3 Å². The van der Waals surface area contributed by atoms with Crippen LogP contribution >= 0.6 is 0 Å². The Balaban J connectivity index is 2.06. The molecule has 3 N–H and O–H groups in total. The number of ether oxygens (including phenoxy) is 2. The van der Waals surface area contributed by atoms with Crippen molar-refractivity contribution in [1.29, 1.82) is 0 Å². The third kappa shape index (κ3) is 2.36. The molecule has 0 aliphatic carbocycles. The SMILES string of the molecule is CCC(CO)(CO)Nc1nccc2cc3c(cc12)OCO3. The van der Waals surface area contributed by atoms with Crippen molar-refractivity contribution in [3.63, 3.8) is 0 Å². The fraction of sp³-hybridized carbons (Fsp3) is 0.400. The van der Waals surface area contributed by atoms with Crippen LogP contribution in [0, 0.1) is 0 Å². The van der Waals surface area contributed by atoms with Gasteiger partial charge < -0.3 is 25.0 Å². The Morgan fingerprint density at radius 3 is 2.62 bits per heavy atom. The number of fused-ring (bicyclic) bond motifs is 2. The quantitative estimate of drug-likeness (QED) is 0.774. The van der Waals surface area contributed by atoms with E-state index in [-0.39, 0.29) is 20.0 Å². The highest BCUT2D eigenvalue weighted by Gasteiger charge is 2.27. The molecule has 1 aromatic heterocycles. The molecule has 112 valence electrons. The van der Waals surface area contributed by atoms with Gasteiger partial charge in [-0.2, -0.15) is 0 Å². The first-order valence-electron chi connectivity index (χ1n) is 6.89. The van der Waals surface area contributed by atoms with Gasteiger partial charge in [0, 0.05) is 11.6 Å². The zero-order valence-corrected chi connectivity index (χ0v) is 11.8. The van der Waals surface area contributed by atoms with Gasteiger partial charge in [0.05, 0.1) is 18.8 Å². The molecule has 1 aliphatic heterocycles. The van der Waals surface area contributed by atoms with E-state index in [9.17, 15) is 10.2 Å². The summed E-state index contributed by atoms with van der Waals surface area (Å²) in [7, 11) is 0. The van der Waals surface area contributed by atoms with Gasteiger partial charge in [0.15, 0.2) is 11.5 Å². The molecule has 0 bridgehead atoms. The number of aromatic nitrogens is 1. The summed E-state index contributed by atoms with van der Waals surface area (Å²) in [6, 6.07) is 5.65. The average Bonchev–Trinajstić information content (AvgIpc) is 2.98. The van der Waals surface area contributed by atoms with Gasteiger partial charge in [-0.05, 0) is 30.0 Å². The number of aliphatic hydroxyl groups excluding tert-OH is 2. The highest BCUT2D eigenvalue weighted by atomic mass is 16.7. The van der Waals surface area contributed by atoms with Crippen LogP contribution in [0.15, 0.2) is 24.4 Å². The van der Waals surface area contributed by atoms with Crippen LogP contribution in [0.3, 0.4) is 0 Å². The lowest BCUT2D eigenvalue weighted by Crippen LogP contribution is -2.45. The van der Waals surface area contributed by atoms with Crippen LogP contribution in [0.2, 0.25) is 0 Å². The van der Waals surface area contributed by atoms with Crippen LogP contribution in [-0.4, -0.2) is 40.7 Å². The molecule has 1 aromatic carbocycles. The Hall–Kier alpha value is -2.05. The van der Waals surface area contributed by atoms with Crippen molar-refractivity contribution in [2.45, 2.75) is 18.9 Å². The molecule has 0 saturated heterocycles. The maximum Gasteiger partial charge on any atom is 0.231 e. The summed E-state index contributed by atoms with van der Waals surface area (Å²) < 4.78 is 10.8. The first-order chi connectivity index (χ1) is 10.2. The van der Waals surface area contributed by atoms with Crippen molar-refractivity contribution in [3.8, 4) is 11.5 Å². The lowest BCUT2D eigenvalue weighted by atomic mass is 9.98. The Morgan fingerprint density at radius 1 is 1.24 bits per heavy atom. The van der Waals surface area contributed by atoms with Gasteiger partial charge in [0.2, 0.25) is 6.79 Å². The van der Waals surface area contributed by atoms with Gasteiger partial charge in [0.1, 0.15) is 5.82 Å². The number of hydrogen-bond acceptors (Lipinski definition) is 6. The molecule has 1 aliphatic rings. The maximum absolute atomic E-state index is 9.57. The lowest BCUT2D eigenvalue weighted by molar-refractivity contribution is 0.132. The predicted octanol–water partition coefficient (Wildman–Crippen LogP) is 1.51. The summed E-state index contributed by atoms with van der Waals surface area (Å²) in [5.74, 6) is 2.00. The van der Waals surface area contributed by atoms with Crippen LogP contribution in [0.5, 0.6) is 11.5 Å². The molecular formula is C15H18N2O4. The number of rotatable bonds is 5. The fourth-order valence-corrected chi connectivity index (χ4v) is 2.35. The van der Waals surface area contributed by atoms with Crippen LogP contribution < -0.4 is 14.8 Å². The zero-order valence-electron chi connectivity index (χ0n) is 11.8. The number of aliphatic hydroxyl groups is 2. The summed E-state index contributed by atoms with van der Waals surface area (Å²) in [5.41, 5.74) is -0.794. The lowest BCUT2D eigenvalue weighted by Gasteiger charge is -2.30. The molecule has 3 rings (SSSR count). The van der Waals surface area contributed by atoms with E-state index in [4.69, 9.17) is 9.47 Å². The van der Waals surface area contributed by atoms with E-state index in [0.717, 1.165) is 10.8 Å². The average molecular weight is 290 g/mol. The Bertz CT molecular complexity index is 647. The van der Waals surface area contributed by atoms with E-state index < -0.39 is 5.54 Å². The minimum atomic E-state index is -0.794.